The van der Waals surface area contributed by atoms with Crippen LogP contribution >= 0.6 is 11.3 Å². The number of nitrogens with zero attached hydrogens (tertiary/aromatic N) is 1. The Labute approximate surface area is 155 Å². The Bertz CT molecular complexity index is 895. The van der Waals surface area contributed by atoms with E-state index in [0.717, 1.165) is 10.4 Å². The van der Waals surface area contributed by atoms with Gasteiger partial charge in [-0.05, 0) is 58.9 Å². The van der Waals surface area contributed by atoms with E-state index in [4.69, 9.17) is 0 Å². The Morgan fingerprint density at radius 3 is 1.96 bits per heavy atom. The molecule has 1 aromatic carbocycles. The third-order valence-electron chi connectivity index (χ3n) is 5.09. The van der Waals surface area contributed by atoms with E-state index in [-0.39, 0.29) is 11.6 Å². The molecule has 0 bridgehead atoms. The summed E-state index contributed by atoms with van der Waals surface area (Å²) >= 11 is 1.35. The number of benzene rings is 1. The topological polar surface area (TPSA) is 64.1 Å². The van der Waals surface area contributed by atoms with E-state index in [1.807, 2.05) is 0 Å². The van der Waals surface area contributed by atoms with Crippen LogP contribution in [0.4, 0.5) is 4.39 Å². The summed E-state index contributed by atoms with van der Waals surface area (Å²) in [5.41, 5.74) is -1.36. The molecular weight excluding hydrogens is 353 g/mol. The molecule has 6 heteroatoms. The predicted octanol–water partition coefficient (Wildman–Crippen LogP) is 4.11. The van der Waals surface area contributed by atoms with Crippen LogP contribution in [-0.4, -0.2) is 22.3 Å². The molecule has 1 heterocycles. The van der Waals surface area contributed by atoms with Crippen LogP contribution in [0.5, 0.6) is 0 Å². The molecule has 1 fully saturated rings. The molecular formula is C20H20FNO3S. The van der Waals surface area contributed by atoms with Crippen LogP contribution in [0.1, 0.15) is 44.2 Å². The second kappa shape index (κ2) is 5.91. The molecule has 26 heavy (non-hydrogen) atoms. The number of hydrogen-bond donors (Lipinski definition) is 0. The maximum absolute atomic E-state index is 13.1. The number of thiazole rings is 1. The van der Waals surface area contributed by atoms with Gasteiger partial charge < -0.3 is 0 Å². The van der Waals surface area contributed by atoms with Gasteiger partial charge in [0.2, 0.25) is 0 Å². The monoisotopic (exact) mass is 373 g/mol. The molecule has 1 saturated carbocycles. The lowest BCUT2D eigenvalue weighted by molar-refractivity contribution is -0.157. The molecule has 1 aromatic heterocycles. The van der Waals surface area contributed by atoms with Crippen molar-refractivity contribution < 1.29 is 18.8 Å². The molecule has 0 unspecified atom stereocenters. The van der Waals surface area contributed by atoms with E-state index in [2.05, 4.69) is 4.98 Å². The van der Waals surface area contributed by atoms with Crippen LogP contribution in [0.15, 0.2) is 24.3 Å². The number of aromatic nitrogens is 1. The number of rotatable bonds is 2. The van der Waals surface area contributed by atoms with Crippen molar-refractivity contribution in [2.24, 2.45) is 10.8 Å². The highest BCUT2D eigenvalue weighted by molar-refractivity contribution is 7.15. The van der Waals surface area contributed by atoms with E-state index in [1.165, 1.54) is 23.5 Å². The van der Waals surface area contributed by atoms with Gasteiger partial charge in [-0.3, -0.25) is 14.4 Å². The number of carbonyl (C=O) groups excluding carboxylic acids is 3. The molecule has 2 aromatic rings. The van der Waals surface area contributed by atoms with Gasteiger partial charge in [-0.25, -0.2) is 9.37 Å². The van der Waals surface area contributed by atoms with Crippen molar-refractivity contribution in [1.29, 1.82) is 0 Å². The summed E-state index contributed by atoms with van der Waals surface area (Å²) in [6.07, 6.45) is 0. The first-order valence-corrected chi connectivity index (χ1v) is 9.16. The quantitative estimate of drug-likeness (QED) is 0.743. The first kappa shape index (κ1) is 18.6. The van der Waals surface area contributed by atoms with Gasteiger partial charge in [0.1, 0.15) is 16.7 Å². The lowest BCUT2D eigenvalue weighted by Crippen LogP contribution is -2.56. The van der Waals surface area contributed by atoms with Crippen molar-refractivity contribution in [3.8, 4) is 10.6 Å². The van der Waals surface area contributed by atoms with Crippen molar-refractivity contribution in [1.82, 2.24) is 4.98 Å². The zero-order valence-electron chi connectivity index (χ0n) is 15.3. The largest absolute Gasteiger partial charge is 0.298 e. The zero-order valence-corrected chi connectivity index (χ0v) is 16.2. The van der Waals surface area contributed by atoms with Gasteiger partial charge >= 0.3 is 0 Å². The average Bonchev–Trinajstić information content (AvgIpc) is 2.95. The normalized spacial score (nSPS) is 19.8. The molecule has 1 aliphatic rings. The summed E-state index contributed by atoms with van der Waals surface area (Å²) in [6, 6.07) is 5.90. The molecule has 0 spiro atoms. The molecule has 4 nitrogen and oxygen atoms in total. The third kappa shape index (κ3) is 2.63. The molecule has 0 N–H and O–H groups in total. The molecule has 136 valence electrons. The number of Topliss-reactive ketones (excluding diaryl/α,β-unsaturated/α-hetero) is 3. The second-order valence-electron chi connectivity index (χ2n) is 7.71. The Kier molecular flexibility index (Phi) is 4.22. The van der Waals surface area contributed by atoms with Gasteiger partial charge in [-0.1, -0.05) is 0 Å². The summed E-state index contributed by atoms with van der Waals surface area (Å²) in [4.78, 5) is 43.8. The molecule has 0 aliphatic heterocycles. The Morgan fingerprint density at radius 1 is 0.962 bits per heavy atom. The number of ketones is 3. The standard InChI is InChI=1S/C20H20FNO3S/c1-10-14(22-17(26-10)11-6-8-12(21)9-7-11)13-15(23)19(2,3)18(25)20(4,5)16(13)24/h6-9,13H,1-5H3. The van der Waals surface area contributed by atoms with Crippen molar-refractivity contribution >= 4 is 28.7 Å². The van der Waals surface area contributed by atoms with Crippen LogP contribution in [0, 0.1) is 23.6 Å². The summed E-state index contributed by atoms with van der Waals surface area (Å²) in [7, 11) is 0. The maximum Gasteiger partial charge on any atom is 0.162 e. The molecule has 0 amide bonds. The van der Waals surface area contributed by atoms with Crippen molar-refractivity contribution in [3.63, 3.8) is 0 Å². The van der Waals surface area contributed by atoms with Crippen LogP contribution < -0.4 is 0 Å². The fraction of sp³-hybridized carbons (Fsp3) is 0.400. The molecule has 3 rings (SSSR count). The van der Waals surface area contributed by atoms with Crippen LogP contribution in [0.2, 0.25) is 0 Å². The van der Waals surface area contributed by atoms with E-state index < -0.39 is 28.3 Å². The lowest BCUT2D eigenvalue weighted by Gasteiger charge is -2.40. The zero-order chi connectivity index (χ0) is 19.4. The first-order chi connectivity index (χ1) is 12.0. The van der Waals surface area contributed by atoms with Crippen LogP contribution in [0.3, 0.4) is 0 Å². The highest BCUT2D eigenvalue weighted by Crippen LogP contribution is 2.46. The molecule has 0 saturated heterocycles. The number of carbonyl (C=O) groups is 3. The van der Waals surface area contributed by atoms with E-state index in [0.29, 0.717) is 10.7 Å². The average molecular weight is 373 g/mol. The minimum atomic E-state index is -1.24. The van der Waals surface area contributed by atoms with Gasteiger partial charge in [0.05, 0.1) is 16.5 Å². The van der Waals surface area contributed by atoms with E-state index in [1.54, 1.807) is 46.8 Å². The Morgan fingerprint density at radius 2 is 1.46 bits per heavy atom. The van der Waals surface area contributed by atoms with Gasteiger partial charge in [0.25, 0.3) is 0 Å². The highest BCUT2D eigenvalue weighted by Gasteiger charge is 2.59. The van der Waals surface area contributed by atoms with Gasteiger partial charge in [0, 0.05) is 10.4 Å². The number of hydrogen-bond acceptors (Lipinski definition) is 5. The van der Waals surface area contributed by atoms with Crippen molar-refractivity contribution in [2.75, 3.05) is 0 Å². The predicted molar refractivity (Wildman–Crippen MR) is 97.6 cm³/mol. The molecule has 1 aliphatic carbocycles. The van der Waals surface area contributed by atoms with Crippen molar-refractivity contribution in [2.45, 2.75) is 40.5 Å². The maximum atomic E-state index is 13.1. The van der Waals surface area contributed by atoms with Gasteiger partial charge in [-0.2, -0.15) is 0 Å². The minimum absolute atomic E-state index is 0.345. The third-order valence-corrected chi connectivity index (χ3v) is 6.12. The minimum Gasteiger partial charge on any atom is -0.298 e. The fourth-order valence-electron chi connectivity index (χ4n) is 3.49. The Balaban J connectivity index is 2.11. The fourth-order valence-corrected chi connectivity index (χ4v) is 4.44. The number of halogens is 1. The smallest absolute Gasteiger partial charge is 0.162 e. The molecule has 0 atom stereocenters. The summed E-state index contributed by atoms with van der Waals surface area (Å²) in [5.74, 6) is -2.58. The van der Waals surface area contributed by atoms with Gasteiger partial charge in [-0.15, -0.1) is 11.3 Å². The van der Waals surface area contributed by atoms with E-state index >= 15 is 0 Å². The molecule has 0 radical (unpaired) electrons. The second-order valence-corrected chi connectivity index (χ2v) is 8.91. The number of aryl methyl sites for hydroxylation is 1. The van der Waals surface area contributed by atoms with Crippen molar-refractivity contribution in [3.05, 3.63) is 40.7 Å². The Hall–Kier alpha value is -2.21. The first-order valence-electron chi connectivity index (χ1n) is 8.34. The highest BCUT2D eigenvalue weighted by atomic mass is 32.1. The van der Waals surface area contributed by atoms with Gasteiger partial charge in [0.15, 0.2) is 17.3 Å². The van der Waals surface area contributed by atoms with E-state index in [9.17, 15) is 18.8 Å². The lowest BCUT2D eigenvalue weighted by atomic mass is 9.58. The summed E-state index contributed by atoms with van der Waals surface area (Å²) in [6.45, 7) is 8.09. The van der Waals surface area contributed by atoms with Crippen LogP contribution in [-0.2, 0) is 14.4 Å². The van der Waals surface area contributed by atoms with Crippen LogP contribution in [0.25, 0.3) is 10.6 Å². The summed E-state index contributed by atoms with van der Waals surface area (Å²) in [5, 5.41) is 0.616. The SMILES string of the molecule is Cc1sc(-c2ccc(F)cc2)nc1C1C(=O)C(C)(C)C(=O)C(C)(C)C1=O. The summed E-state index contributed by atoms with van der Waals surface area (Å²) < 4.78 is 13.1.